The molecule has 1 N–H and O–H groups in total. The summed E-state index contributed by atoms with van der Waals surface area (Å²) in [4.78, 5) is 0. The highest BCUT2D eigenvalue weighted by Crippen LogP contribution is 2.24. The van der Waals surface area contributed by atoms with Crippen LogP contribution in [0.1, 0.15) is 41.0 Å². The van der Waals surface area contributed by atoms with Crippen molar-refractivity contribution in [3.8, 4) is 0 Å². The second-order valence-electron chi connectivity index (χ2n) is 3.49. The molecule has 0 aromatic carbocycles. The molecule has 0 heterocycles. The minimum absolute atomic E-state index is 0.379. The maximum Gasteiger partial charge on any atom is 0.0246 e. The molecule has 0 spiro atoms. The van der Waals surface area contributed by atoms with Gasteiger partial charge in [0.05, 0.1) is 0 Å². The molecule has 0 saturated heterocycles. The minimum atomic E-state index is 0.379. The summed E-state index contributed by atoms with van der Waals surface area (Å²) in [6.45, 7) is 11.1. The van der Waals surface area contributed by atoms with Crippen LogP contribution in [0.4, 0.5) is 0 Å². The van der Waals surface area contributed by atoms with E-state index in [1.54, 1.807) is 0 Å². The molecule has 0 rings (SSSR count). The van der Waals surface area contributed by atoms with Crippen molar-refractivity contribution in [2.24, 2.45) is 0 Å². The van der Waals surface area contributed by atoms with Crippen molar-refractivity contribution in [3.63, 3.8) is 0 Å². The van der Waals surface area contributed by atoms with Crippen molar-refractivity contribution < 1.29 is 0 Å². The van der Waals surface area contributed by atoms with Crippen molar-refractivity contribution >= 4 is 11.9 Å². The monoisotopic (exact) mass is 161 g/mol. The molecule has 62 valence electrons. The summed E-state index contributed by atoms with van der Waals surface area (Å²) in [6, 6.07) is 0.579. The lowest BCUT2D eigenvalue weighted by molar-refractivity contribution is 0.666. The molecule has 0 bridgehead atoms. The number of hydrogen-bond donors (Lipinski definition) is 1. The highest BCUT2D eigenvalue weighted by molar-refractivity contribution is 7.98. The Bertz CT molecular complexity index is 89.3. The first-order valence-electron chi connectivity index (χ1n) is 3.91. The normalized spacial score (nSPS) is 12.6. The summed E-state index contributed by atoms with van der Waals surface area (Å²) in [5, 5.41) is 0. The summed E-state index contributed by atoms with van der Waals surface area (Å²) in [7, 11) is 0. The van der Waals surface area contributed by atoms with Crippen molar-refractivity contribution in [1.82, 2.24) is 4.72 Å². The largest absolute Gasteiger partial charge is 0.261 e. The fraction of sp³-hybridized carbons (Fsp3) is 1.00. The van der Waals surface area contributed by atoms with Crippen LogP contribution in [0.2, 0.25) is 0 Å². The van der Waals surface area contributed by atoms with Gasteiger partial charge in [0, 0.05) is 10.8 Å². The molecule has 0 saturated carbocycles. The summed E-state index contributed by atoms with van der Waals surface area (Å²) in [5.74, 6) is 0. The van der Waals surface area contributed by atoms with Crippen LogP contribution in [-0.4, -0.2) is 10.8 Å². The summed E-state index contributed by atoms with van der Waals surface area (Å²) >= 11 is 1.84. The van der Waals surface area contributed by atoms with Crippen molar-refractivity contribution in [3.05, 3.63) is 0 Å². The molecular weight excluding hydrogens is 142 g/mol. The lowest BCUT2D eigenvalue weighted by atomic mass is 10.1. The van der Waals surface area contributed by atoms with Gasteiger partial charge in [-0.05, 0) is 34.1 Å². The maximum atomic E-state index is 3.35. The van der Waals surface area contributed by atoms with Gasteiger partial charge in [0.25, 0.3) is 0 Å². The zero-order valence-corrected chi connectivity index (χ0v) is 8.51. The van der Waals surface area contributed by atoms with Crippen LogP contribution in [0, 0.1) is 0 Å². The number of hydrogen-bond acceptors (Lipinski definition) is 2. The Hall–Kier alpha value is 0.310. The average molecular weight is 161 g/mol. The third-order valence-electron chi connectivity index (χ3n) is 1.42. The van der Waals surface area contributed by atoms with Crippen molar-refractivity contribution in [2.75, 3.05) is 0 Å². The topological polar surface area (TPSA) is 12.0 Å². The SMILES string of the molecule is CCC(C)(C)SNC(C)C. The fourth-order valence-corrected chi connectivity index (χ4v) is 1.05. The van der Waals surface area contributed by atoms with Gasteiger partial charge in [-0.25, -0.2) is 0 Å². The second kappa shape index (κ2) is 4.24. The third-order valence-corrected chi connectivity index (χ3v) is 2.85. The van der Waals surface area contributed by atoms with Crippen LogP contribution >= 0.6 is 11.9 Å². The minimum Gasteiger partial charge on any atom is -0.261 e. The van der Waals surface area contributed by atoms with E-state index in [-0.39, 0.29) is 0 Å². The van der Waals surface area contributed by atoms with Crippen LogP contribution < -0.4 is 4.72 Å². The Morgan fingerprint density at radius 1 is 1.40 bits per heavy atom. The van der Waals surface area contributed by atoms with E-state index in [1.807, 2.05) is 11.9 Å². The van der Waals surface area contributed by atoms with Gasteiger partial charge in [0.15, 0.2) is 0 Å². The van der Waals surface area contributed by atoms with E-state index in [2.05, 4.69) is 39.3 Å². The molecule has 0 aliphatic heterocycles. The Morgan fingerprint density at radius 2 is 1.90 bits per heavy atom. The molecule has 0 aromatic heterocycles. The van der Waals surface area contributed by atoms with Crippen molar-refractivity contribution in [2.45, 2.75) is 51.8 Å². The first-order valence-corrected chi connectivity index (χ1v) is 4.73. The van der Waals surface area contributed by atoms with Crippen LogP contribution in [0.25, 0.3) is 0 Å². The van der Waals surface area contributed by atoms with E-state index in [1.165, 1.54) is 6.42 Å². The van der Waals surface area contributed by atoms with E-state index in [0.29, 0.717) is 10.8 Å². The van der Waals surface area contributed by atoms with Gasteiger partial charge < -0.3 is 0 Å². The van der Waals surface area contributed by atoms with E-state index in [4.69, 9.17) is 0 Å². The highest BCUT2D eigenvalue weighted by atomic mass is 32.2. The van der Waals surface area contributed by atoms with Crippen LogP contribution in [-0.2, 0) is 0 Å². The van der Waals surface area contributed by atoms with Gasteiger partial charge in [-0.3, -0.25) is 4.72 Å². The Morgan fingerprint density at radius 3 is 2.20 bits per heavy atom. The lowest BCUT2D eigenvalue weighted by Gasteiger charge is -2.23. The van der Waals surface area contributed by atoms with Gasteiger partial charge in [0.2, 0.25) is 0 Å². The molecule has 0 fully saturated rings. The number of nitrogens with one attached hydrogen (secondary N) is 1. The molecule has 2 heteroatoms. The predicted octanol–water partition coefficient (Wildman–Crippen LogP) is 2.82. The number of rotatable bonds is 4. The van der Waals surface area contributed by atoms with E-state index in [0.717, 1.165) is 0 Å². The quantitative estimate of drug-likeness (QED) is 0.636. The fourth-order valence-electron chi connectivity index (χ4n) is 0.350. The van der Waals surface area contributed by atoms with Gasteiger partial charge in [-0.2, -0.15) is 0 Å². The van der Waals surface area contributed by atoms with Gasteiger partial charge in [-0.1, -0.05) is 18.9 Å². The second-order valence-corrected chi connectivity index (χ2v) is 5.03. The molecule has 0 amide bonds. The molecule has 0 aromatic rings. The molecule has 0 aliphatic carbocycles. The zero-order valence-electron chi connectivity index (χ0n) is 7.69. The van der Waals surface area contributed by atoms with E-state index < -0.39 is 0 Å². The Balaban J connectivity index is 3.46. The molecule has 0 atom stereocenters. The summed E-state index contributed by atoms with van der Waals surface area (Å²) < 4.78 is 3.73. The average Bonchev–Trinajstić information content (AvgIpc) is 1.85. The molecule has 10 heavy (non-hydrogen) atoms. The molecular formula is C8H19NS. The first-order chi connectivity index (χ1) is 4.48. The maximum absolute atomic E-state index is 3.35. The van der Waals surface area contributed by atoms with Gasteiger partial charge in [-0.15, -0.1) is 0 Å². The third kappa shape index (κ3) is 5.12. The first kappa shape index (κ1) is 10.3. The Kier molecular flexibility index (Phi) is 4.37. The summed E-state index contributed by atoms with van der Waals surface area (Å²) in [6.07, 6.45) is 1.21. The lowest BCUT2D eigenvalue weighted by Crippen LogP contribution is -2.24. The zero-order chi connectivity index (χ0) is 8.20. The molecule has 0 aliphatic rings. The molecule has 1 nitrogen and oxygen atoms in total. The van der Waals surface area contributed by atoms with Gasteiger partial charge in [0.1, 0.15) is 0 Å². The molecule has 0 radical (unpaired) electrons. The molecule has 0 unspecified atom stereocenters. The van der Waals surface area contributed by atoms with Gasteiger partial charge >= 0.3 is 0 Å². The van der Waals surface area contributed by atoms with E-state index >= 15 is 0 Å². The van der Waals surface area contributed by atoms with Crippen LogP contribution in [0.5, 0.6) is 0 Å². The predicted molar refractivity (Wildman–Crippen MR) is 50.2 cm³/mol. The standard InChI is InChI=1S/C8H19NS/c1-6-8(4,5)10-9-7(2)3/h7,9H,6H2,1-5H3. The summed E-state index contributed by atoms with van der Waals surface area (Å²) in [5.41, 5.74) is 0. The highest BCUT2D eigenvalue weighted by Gasteiger charge is 2.15. The Labute approximate surface area is 69.1 Å². The smallest absolute Gasteiger partial charge is 0.0246 e. The van der Waals surface area contributed by atoms with Crippen LogP contribution in [0.15, 0.2) is 0 Å². The van der Waals surface area contributed by atoms with Crippen molar-refractivity contribution in [1.29, 1.82) is 0 Å². The van der Waals surface area contributed by atoms with Crippen LogP contribution in [0.3, 0.4) is 0 Å². The van der Waals surface area contributed by atoms with E-state index in [9.17, 15) is 0 Å².